The first-order valence-electron chi connectivity index (χ1n) is 22.1. The zero-order chi connectivity index (χ0) is 44.4. The van der Waals surface area contributed by atoms with Gasteiger partial charge in [0.05, 0.1) is 22.5 Å². The van der Waals surface area contributed by atoms with Crippen LogP contribution in [-0.2, 0) is 9.59 Å². The number of anilines is 3. The number of hydrogen-bond donors (Lipinski definition) is 3. The summed E-state index contributed by atoms with van der Waals surface area (Å²) >= 11 is 0. The lowest BCUT2D eigenvalue weighted by molar-refractivity contribution is -0.136. The second kappa shape index (κ2) is 18.5. The van der Waals surface area contributed by atoms with E-state index in [1.807, 2.05) is 25.1 Å². The summed E-state index contributed by atoms with van der Waals surface area (Å²) in [7, 11) is 0. The Morgan fingerprint density at radius 3 is 2.37 bits per heavy atom. The maximum atomic E-state index is 14.1. The normalized spacial score (nSPS) is 20.0. The van der Waals surface area contributed by atoms with E-state index in [1.54, 1.807) is 36.5 Å². The summed E-state index contributed by atoms with van der Waals surface area (Å²) < 4.78 is 34.1. The summed E-state index contributed by atoms with van der Waals surface area (Å²) in [5.41, 5.74) is 9.86. The van der Waals surface area contributed by atoms with Gasteiger partial charge in [0, 0.05) is 49.0 Å². The lowest BCUT2D eigenvalue weighted by Crippen LogP contribution is -2.54. The number of pyridine rings is 2. The first-order valence-corrected chi connectivity index (χ1v) is 22.1. The number of nitrogens with two attached hydrogens (primary N) is 1. The van der Waals surface area contributed by atoms with E-state index in [-0.39, 0.29) is 25.2 Å². The molecule has 15 heteroatoms. The maximum absolute atomic E-state index is 14.1. The summed E-state index contributed by atoms with van der Waals surface area (Å²) in [5, 5.41) is 5.61. The third-order valence-corrected chi connectivity index (χ3v) is 12.7. The quantitative estimate of drug-likeness (QED) is 0.108. The van der Waals surface area contributed by atoms with Gasteiger partial charge in [0.25, 0.3) is 18.2 Å². The minimum absolute atomic E-state index is 0.0290. The van der Waals surface area contributed by atoms with Gasteiger partial charge in [-0.2, -0.15) is 0 Å². The zero-order valence-corrected chi connectivity index (χ0v) is 36.1. The highest BCUT2D eigenvalue weighted by Gasteiger charge is 2.46. The minimum Gasteiger partial charge on any atom is -0.490 e. The number of likely N-dealkylation sites (tertiary alicyclic amines) is 1. The standard InChI is InChI=1S/C48H56F2N8O5/c1-29(2)26-48(3,51)28-63-39-13-11-36(54-43(39)44(49)50)33-15-20-52-40(25-33)53-34-9-7-31(8-10-34)32-18-21-56(22-19-32)27-30-16-23-57(24-17-30)37-6-4-5-35-42(37)47(62)58(46(35)61)38-12-14-41(59)55-45(38)60/h4-11,13,15,20,25,29-30,32,38,44H,12,14,16-19,21-24,26-28,51H2,1-3H3,(H,52,53)(H,55,59,60)/t38?,48-/m0/s1. The van der Waals surface area contributed by atoms with Gasteiger partial charge in [0.2, 0.25) is 11.8 Å². The van der Waals surface area contributed by atoms with Gasteiger partial charge < -0.3 is 25.6 Å². The molecule has 2 aromatic heterocycles. The van der Waals surface area contributed by atoms with Crippen molar-refractivity contribution in [3.8, 4) is 17.0 Å². The number of alkyl halides is 2. The highest BCUT2D eigenvalue weighted by molar-refractivity contribution is 6.25. The van der Waals surface area contributed by atoms with E-state index >= 15 is 0 Å². The molecule has 2 atom stereocenters. The van der Waals surface area contributed by atoms with Crippen molar-refractivity contribution in [1.82, 2.24) is 25.1 Å². The number of halogens is 2. The molecule has 13 nitrogen and oxygen atoms in total. The van der Waals surface area contributed by atoms with Crippen LogP contribution in [0.5, 0.6) is 5.75 Å². The molecule has 63 heavy (non-hydrogen) atoms. The molecule has 0 bridgehead atoms. The Balaban J connectivity index is 0.812. The molecule has 0 radical (unpaired) electrons. The van der Waals surface area contributed by atoms with Crippen molar-refractivity contribution in [3.63, 3.8) is 0 Å². The predicted octanol–water partition coefficient (Wildman–Crippen LogP) is 7.46. The van der Waals surface area contributed by atoms with E-state index in [1.165, 1.54) is 11.6 Å². The molecule has 3 saturated heterocycles. The molecule has 332 valence electrons. The molecule has 0 saturated carbocycles. The van der Waals surface area contributed by atoms with Crippen LogP contribution in [0.1, 0.15) is 110 Å². The Labute approximate surface area is 366 Å². The molecule has 3 fully saturated rings. The number of ether oxygens (including phenoxy) is 1. The van der Waals surface area contributed by atoms with E-state index in [0.717, 1.165) is 74.7 Å². The Hall–Kier alpha value is -5.80. The Morgan fingerprint density at radius 2 is 1.67 bits per heavy atom. The number of hydrogen-bond acceptors (Lipinski definition) is 11. The van der Waals surface area contributed by atoms with E-state index in [9.17, 15) is 28.0 Å². The van der Waals surface area contributed by atoms with E-state index in [2.05, 4.69) is 56.4 Å². The average molecular weight is 863 g/mol. The largest absolute Gasteiger partial charge is 0.490 e. The summed E-state index contributed by atoms with van der Waals surface area (Å²) in [4.78, 5) is 65.8. The molecule has 0 spiro atoms. The fourth-order valence-corrected chi connectivity index (χ4v) is 9.71. The number of amides is 4. The number of benzene rings is 2. The number of fused-ring (bicyclic) bond motifs is 1. The van der Waals surface area contributed by atoms with Crippen LogP contribution in [0.2, 0.25) is 0 Å². The van der Waals surface area contributed by atoms with Crippen LogP contribution in [0, 0.1) is 11.8 Å². The van der Waals surface area contributed by atoms with Gasteiger partial charge in [-0.25, -0.2) is 18.7 Å². The third kappa shape index (κ3) is 9.89. The molecule has 0 aliphatic carbocycles. The van der Waals surface area contributed by atoms with Gasteiger partial charge in [-0.05, 0) is 130 Å². The highest BCUT2D eigenvalue weighted by atomic mass is 19.3. The third-order valence-electron chi connectivity index (χ3n) is 12.7. The molecule has 6 heterocycles. The molecule has 4 aliphatic rings. The summed E-state index contributed by atoms with van der Waals surface area (Å²) in [5.74, 6) is -0.0399. The Morgan fingerprint density at radius 1 is 0.921 bits per heavy atom. The number of nitrogens with one attached hydrogen (secondary N) is 2. The van der Waals surface area contributed by atoms with Crippen LogP contribution < -0.4 is 26.0 Å². The number of carbonyl (C=O) groups is 4. The average Bonchev–Trinajstić information content (AvgIpc) is 3.52. The van der Waals surface area contributed by atoms with Gasteiger partial charge in [-0.3, -0.25) is 29.4 Å². The van der Waals surface area contributed by atoms with Crippen LogP contribution in [0.4, 0.5) is 26.0 Å². The van der Waals surface area contributed by atoms with E-state index < -0.39 is 47.3 Å². The summed E-state index contributed by atoms with van der Waals surface area (Å²) in [6, 6.07) is 19.5. The molecular weight excluding hydrogens is 807 g/mol. The van der Waals surface area contributed by atoms with Gasteiger partial charge in [0.1, 0.15) is 29.9 Å². The van der Waals surface area contributed by atoms with Crippen molar-refractivity contribution >= 4 is 40.8 Å². The van der Waals surface area contributed by atoms with Crippen LogP contribution in [0.15, 0.2) is 72.9 Å². The van der Waals surface area contributed by atoms with Crippen molar-refractivity contribution in [3.05, 3.63) is 95.3 Å². The van der Waals surface area contributed by atoms with E-state index in [4.69, 9.17) is 10.5 Å². The fourth-order valence-electron chi connectivity index (χ4n) is 9.71. The highest BCUT2D eigenvalue weighted by Crippen LogP contribution is 2.37. The number of rotatable bonds is 14. The van der Waals surface area contributed by atoms with Crippen LogP contribution >= 0.6 is 0 Å². The van der Waals surface area contributed by atoms with Crippen LogP contribution in [0.25, 0.3) is 11.3 Å². The number of imide groups is 2. The van der Waals surface area contributed by atoms with Crippen molar-refractivity contribution in [1.29, 1.82) is 0 Å². The number of nitrogens with zero attached hydrogens (tertiary/aromatic N) is 5. The summed E-state index contributed by atoms with van der Waals surface area (Å²) in [6.07, 6.45) is 3.78. The Bertz CT molecular complexity index is 2340. The predicted molar refractivity (Wildman–Crippen MR) is 236 cm³/mol. The van der Waals surface area contributed by atoms with Crippen molar-refractivity contribution in [2.45, 2.75) is 89.6 Å². The van der Waals surface area contributed by atoms with Gasteiger partial charge >= 0.3 is 0 Å². The number of piperidine rings is 3. The van der Waals surface area contributed by atoms with E-state index in [0.29, 0.717) is 52.4 Å². The first kappa shape index (κ1) is 43.8. The van der Waals surface area contributed by atoms with Crippen molar-refractivity contribution in [2.24, 2.45) is 17.6 Å². The monoisotopic (exact) mass is 862 g/mol. The molecule has 2 aromatic carbocycles. The molecule has 4 N–H and O–H groups in total. The molecular formula is C48H56F2N8O5. The van der Waals surface area contributed by atoms with Crippen LogP contribution in [-0.4, -0.2) is 94.3 Å². The fraction of sp³-hybridized carbons (Fsp3) is 0.458. The Kier molecular flexibility index (Phi) is 12.9. The second-order valence-corrected chi connectivity index (χ2v) is 18.3. The van der Waals surface area contributed by atoms with Gasteiger partial charge in [0.15, 0.2) is 0 Å². The number of carbonyl (C=O) groups excluding carboxylic acids is 4. The topological polar surface area (TPSA) is 163 Å². The van der Waals surface area contributed by atoms with Gasteiger partial charge in [-0.1, -0.05) is 32.0 Å². The first-order chi connectivity index (χ1) is 30.2. The number of aromatic nitrogens is 2. The van der Waals surface area contributed by atoms with Gasteiger partial charge in [-0.15, -0.1) is 0 Å². The zero-order valence-electron chi connectivity index (χ0n) is 36.1. The smallest absolute Gasteiger partial charge is 0.284 e. The lowest BCUT2D eigenvalue weighted by Gasteiger charge is -2.39. The maximum Gasteiger partial charge on any atom is 0.284 e. The summed E-state index contributed by atoms with van der Waals surface area (Å²) in [6.45, 7) is 10.7. The molecule has 4 aromatic rings. The molecule has 4 aliphatic heterocycles. The molecule has 8 rings (SSSR count). The van der Waals surface area contributed by atoms with Crippen molar-refractivity contribution in [2.75, 3.05) is 49.5 Å². The lowest BCUT2D eigenvalue weighted by atomic mass is 9.88. The second-order valence-electron chi connectivity index (χ2n) is 18.3. The SMILES string of the molecule is CC(C)C[C@](C)(N)COc1ccc(-c2ccnc(Nc3ccc(C4CCN(CC5CCN(c6cccc7c6C(=O)N(C6CCC(=O)NC6=O)C7=O)CC5)CC4)cc3)c2)nc1C(F)F. The molecule has 1 unspecified atom stereocenters. The van der Waals surface area contributed by atoms with Crippen LogP contribution in [0.3, 0.4) is 0 Å². The molecule has 4 amide bonds. The minimum atomic E-state index is -2.82. The van der Waals surface area contributed by atoms with Crippen molar-refractivity contribution < 1.29 is 32.7 Å².